The quantitative estimate of drug-likeness (QED) is 0.640. The van der Waals surface area contributed by atoms with E-state index in [9.17, 15) is 9.59 Å². The number of carbonyl (C=O) groups excluding carboxylic acids is 2. The van der Waals surface area contributed by atoms with E-state index >= 15 is 0 Å². The molecule has 1 aromatic rings. The van der Waals surface area contributed by atoms with Crippen molar-refractivity contribution in [2.45, 2.75) is 20.3 Å². The van der Waals surface area contributed by atoms with Gasteiger partial charge in [-0.25, -0.2) is 4.79 Å². The number of hydrogen-bond acceptors (Lipinski definition) is 7. The summed E-state index contributed by atoms with van der Waals surface area (Å²) in [5.74, 6) is -0.437. The molecule has 0 saturated heterocycles. The third-order valence-corrected chi connectivity index (χ3v) is 5.68. The van der Waals surface area contributed by atoms with E-state index in [1.165, 1.54) is 0 Å². The number of carbonyl (C=O) groups is 2. The molecule has 0 unspecified atom stereocenters. The normalized spacial score (nSPS) is 15.3. The lowest BCUT2D eigenvalue weighted by Gasteiger charge is -2.17. The van der Waals surface area contributed by atoms with Gasteiger partial charge in [-0.1, -0.05) is 25.6 Å². The van der Waals surface area contributed by atoms with Crippen LogP contribution in [0.15, 0.2) is 40.4 Å². The molecule has 2 heterocycles. The molecule has 0 aromatic heterocycles. The fourth-order valence-corrected chi connectivity index (χ4v) is 4.02. The fraction of sp³-hybridized carbons (Fsp3) is 0.450. The van der Waals surface area contributed by atoms with Gasteiger partial charge in [0.1, 0.15) is 6.61 Å². The Balaban J connectivity index is 1.45. The van der Waals surface area contributed by atoms with Crippen LogP contribution < -0.4 is 5.32 Å². The molecule has 150 valence electrons. The topological polar surface area (TPSA) is 74.2 Å². The van der Waals surface area contributed by atoms with Crippen molar-refractivity contribution in [3.05, 3.63) is 40.9 Å². The van der Waals surface area contributed by atoms with Gasteiger partial charge < -0.3 is 19.9 Å². The summed E-state index contributed by atoms with van der Waals surface area (Å²) in [6.45, 7) is 8.75. The average molecular weight is 403 g/mol. The van der Waals surface area contributed by atoms with Crippen molar-refractivity contribution in [2.24, 2.45) is 4.99 Å². The Labute approximate surface area is 169 Å². The second-order valence-corrected chi connectivity index (χ2v) is 7.34. The van der Waals surface area contributed by atoms with Crippen LogP contribution in [-0.2, 0) is 9.53 Å². The van der Waals surface area contributed by atoms with Crippen molar-refractivity contribution >= 4 is 34.5 Å². The Bertz CT molecular complexity index is 772. The molecule has 0 bridgehead atoms. The number of nitrogens with zero attached hydrogens (tertiary/aromatic N) is 3. The predicted octanol–water partition coefficient (Wildman–Crippen LogP) is 2.77. The maximum Gasteiger partial charge on any atom is 0.338 e. The number of anilines is 1. The van der Waals surface area contributed by atoms with Crippen LogP contribution in [0, 0.1) is 0 Å². The predicted molar refractivity (Wildman–Crippen MR) is 112 cm³/mol. The smallest absolute Gasteiger partial charge is 0.338 e. The number of aliphatic imine (C=N–C) groups is 1. The maximum atomic E-state index is 12.3. The van der Waals surface area contributed by atoms with Crippen LogP contribution in [0.3, 0.4) is 0 Å². The standard InChI is InChI=1S/C20H26N4O3S/c1-3-23(4-2)11-12-27-19(26)15-5-7-16(8-6-15)22-18(25)13-17-14-28-20-21-9-10-24(17)20/h5-8,14H,3-4,9-13H2,1-2H3,(H,22,25). The van der Waals surface area contributed by atoms with Gasteiger partial charge >= 0.3 is 5.97 Å². The van der Waals surface area contributed by atoms with E-state index in [1.54, 1.807) is 36.0 Å². The molecule has 2 aliphatic rings. The molecule has 1 amide bonds. The lowest BCUT2D eigenvalue weighted by atomic mass is 10.2. The van der Waals surface area contributed by atoms with Crippen molar-refractivity contribution in [1.29, 1.82) is 0 Å². The van der Waals surface area contributed by atoms with E-state index in [0.717, 1.165) is 43.6 Å². The number of amidine groups is 1. The SMILES string of the molecule is CCN(CC)CCOC(=O)c1ccc(NC(=O)CC2=CSC3=NCCN23)cc1. The average Bonchev–Trinajstić information content (AvgIpc) is 3.31. The molecule has 0 radical (unpaired) electrons. The molecule has 8 heteroatoms. The van der Waals surface area contributed by atoms with Gasteiger partial charge in [-0.3, -0.25) is 9.79 Å². The summed E-state index contributed by atoms with van der Waals surface area (Å²) in [6.07, 6.45) is 0.307. The van der Waals surface area contributed by atoms with Gasteiger partial charge in [-0.15, -0.1) is 0 Å². The van der Waals surface area contributed by atoms with Crippen LogP contribution in [0.1, 0.15) is 30.6 Å². The zero-order valence-electron chi connectivity index (χ0n) is 16.3. The molecule has 28 heavy (non-hydrogen) atoms. The second kappa shape index (κ2) is 9.75. The van der Waals surface area contributed by atoms with E-state index in [2.05, 4.69) is 34.0 Å². The largest absolute Gasteiger partial charge is 0.461 e. The van der Waals surface area contributed by atoms with Crippen LogP contribution in [0.5, 0.6) is 0 Å². The zero-order valence-corrected chi connectivity index (χ0v) is 17.1. The summed E-state index contributed by atoms with van der Waals surface area (Å²) in [7, 11) is 0. The van der Waals surface area contributed by atoms with Gasteiger partial charge in [0.05, 0.1) is 18.5 Å². The summed E-state index contributed by atoms with van der Waals surface area (Å²) >= 11 is 1.56. The Hall–Kier alpha value is -2.32. The number of hydrogen-bond donors (Lipinski definition) is 1. The molecule has 0 aliphatic carbocycles. The number of esters is 1. The monoisotopic (exact) mass is 402 g/mol. The van der Waals surface area contributed by atoms with Crippen molar-refractivity contribution in [3.8, 4) is 0 Å². The molecule has 0 fully saturated rings. The summed E-state index contributed by atoms with van der Waals surface area (Å²) in [5, 5.41) is 5.83. The molecule has 2 aliphatic heterocycles. The maximum absolute atomic E-state index is 12.3. The van der Waals surface area contributed by atoms with E-state index in [-0.39, 0.29) is 11.9 Å². The third kappa shape index (κ3) is 5.14. The molecule has 0 saturated carbocycles. The highest BCUT2D eigenvalue weighted by atomic mass is 32.2. The van der Waals surface area contributed by atoms with Crippen molar-refractivity contribution in [1.82, 2.24) is 9.80 Å². The molecular formula is C20H26N4O3S. The fourth-order valence-electron chi connectivity index (χ4n) is 3.07. The summed E-state index contributed by atoms with van der Waals surface area (Å²) in [6, 6.07) is 6.79. The lowest BCUT2D eigenvalue weighted by Crippen LogP contribution is -2.27. The zero-order chi connectivity index (χ0) is 19.9. The number of benzene rings is 1. The van der Waals surface area contributed by atoms with E-state index in [1.807, 2.05) is 5.41 Å². The highest BCUT2D eigenvalue weighted by Crippen LogP contribution is 2.30. The first-order valence-corrected chi connectivity index (χ1v) is 10.5. The molecule has 0 spiro atoms. The van der Waals surface area contributed by atoms with E-state index < -0.39 is 0 Å². The second-order valence-electron chi connectivity index (χ2n) is 6.51. The molecule has 3 rings (SSSR count). The van der Waals surface area contributed by atoms with Gasteiger partial charge in [0.25, 0.3) is 0 Å². The number of amides is 1. The summed E-state index contributed by atoms with van der Waals surface area (Å²) in [5.41, 5.74) is 2.11. The Morgan fingerprint density at radius 2 is 2.00 bits per heavy atom. The van der Waals surface area contributed by atoms with Crippen LogP contribution in [0.2, 0.25) is 0 Å². The highest BCUT2D eigenvalue weighted by molar-refractivity contribution is 8.16. The van der Waals surface area contributed by atoms with Crippen LogP contribution >= 0.6 is 11.8 Å². The molecule has 0 atom stereocenters. The minimum Gasteiger partial charge on any atom is -0.461 e. The number of rotatable bonds is 9. The van der Waals surface area contributed by atoms with Crippen LogP contribution in [-0.4, -0.2) is 66.2 Å². The van der Waals surface area contributed by atoms with Crippen LogP contribution in [0.25, 0.3) is 0 Å². The Morgan fingerprint density at radius 1 is 1.25 bits per heavy atom. The number of likely N-dealkylation sites (N-methyl/N-ethyl adjacent to an activating group) is 1. The number of ether oxygens (including phenoxy) is 1. The first-order valence-electron chi connectivity index (χ1n) is 9.57. The van der Waals surface area contributed by atoms with Gasteiger partial charge in [0.15, 0.2) is 5.17 Å². The molecular weight excluding hydrogens is 376 g/mol. The summed E-state index contributed by atoms with van der Waals surface area (Å²) in [4.78, 5) is 33.1. The lowest BCUT2D eigenvalue weighted by molar-refractivity contribution is -0.115. The molecule has 1 aromatic carbocycles. The highest BCUT2D eigenvalue weighted by Gasteiger charge is 2.27. The first kappa shape index (κ1) is 20.4. The van der Waals surface area contributed by atoms with Gasteiger partial charge in [-0.05, 0) is 42.8 Å². The number of thioether (sulfide) groups is 1. The third-order valence-electron chi connectivity index (χ3n) is 4.73. The molecule has 1 N–H and O–H groups in total. The number of fused-ring (bicyclic) bond motifs is 1. The Morgan fingerprint density at radius 3 is 2.71 bits per heavy atom. The summed E-state index contributed by atoms with van der Waals surface area (Å²) < 4.78 is 5.32. The van der Waals surface area contributed by atoms with Gasteiger partial charge in [0, 0.05) is 24.5 Å². The molecule has 7 nitrogen and oxygen atoms in total. The van der Waals surface area contributed by atoms with Gasteiger partial charge in [0.2, 0.25) is 5.91 Å². The van der Waals surface area contributed by atoms with E-state index in [0.29, 0.717) is 24.3 Å². The van der Waals surface area contributed by atoms with Crippen molar-refractivity contribution in [2.75, 3.05) is 44.6 Å². The number of nitrogens with one attached hydrogen (secondary N) is 1. The minimum atomic E-state index is -0.348. The van der Waals surface area contributed by atoms with Crippen LogP contribution in [0.4, 0.5) is 5.69 Å². The Kier molecular flexibility index (Phi) is 7.11. The van der Waals surface area contributed by atoms with Gasteiger partial charge in [-0.2, -0.15) is 0 Å². The van der Waals surface area contributed by atoms with Crippen molar-refractivity contribution < 1.29 is 14.3 Å². The van der Waals surface area contributed by atoms with Crippen molar-refractivity contribution in [3.63, 3.8) is 0 Å². The first-order chi connectivity index (χ1) is 13.6. The minimum absolute atomic E-state index is 0.0884. The van der Waals surface area contributed by atoms with E-state index in [4.69, 9.17) is 4.74 Å².